The molecule has 0 saturated carbocycles. The Labute approximate surface area is 157 Å². The highest BCUT2D eigenvalue weighted by atomic mass is 35.5. The van der Waals surface area contributed by atoms with E-state index in [4.69, 9.17) is 17.3 Å². The van der Waals surface area contributed by atoms with Crippen LogP contribution in [0.4, 0.5) is 0 Å². The number of amides is 1. The van der Waals surface area contributed by atoms with Crippen molar-refractivity contribution in [2.45, 2.75) is 0 Å². The molecule has 0 saturated heterocycles. The quantitative estimate of drug-likeness (QED) is 0.746. The number of aromatic nitrogens is 1. The van der Waals surface area contributed by atoms with Crippen LogP contribution in [0, 0.1) is 11.3 Å². The van der Waals surface area contributed by atoms with Crippen molar-refractivity contribution in [2.24, 2.45) is 5.73 Å². The van der Waals surface area contributed by atoms with Gasteiger partial charge in [0, 0.05) is 5.02 Å². The third-order valence-electron chi connectivity index (χ3n) is 3.58. The number of thiazole rings is 1. The second kappa shape index (κ2) is 7.40. The van der Waals surface area contributed by atoms with E-state index in [0.717, 1.165) is 16.9 Å². The van der Waals surface area contributed by atoms with Crippen LogP contribution in [-0.4, -0.2) is 10.5 Å². The molecule has 2 aromatic carbocycles. The molecule has 7 heteroatoms. The van der Waals surface area contributed by atoms with Gasteiger partial charge in [-0.2, -0.15) is 5.26 Å². The molecule has 0 atom stereocenters. The molecule has 128 valence electrons. The lowest BCUT2D eigenvalue weighted by Crippen LogP contribution is -2.32. The van der Waals surface area contributed by atoms with Crippen LogP contribution in [-0.2, 0) is 4.79 Å². The second-order valence-electron chi connectivity index (χ2n) is 5.29. The van der Waals surface area contributed by atoms with E-state index in [1.165, 1.54) is 4.57 Å². The maximum atomic E-state index is 12.9. The van der Waals surface area contributed by atoms with Crippen molar-refractivity contribution in [3.63, 3.8) is 0 Å². The zero-order valence-corrected chi connectivity index (χ0v) is 14.9. The van der Waals surface area contributed by atoms with Crippen molar-refractivity contribution in [3.05, 3.63) is 84.7 Å². The summed E-state index contributed by atoms with van der Waals surface area (Å²) in [5.74, 6) is -0.878. The molecule has 1 aromatic heterocycles. The Morgan fingerprint density at radius 1 is 1.15 bits per heavy atom. The molecule has 0 bridgehead atoms. The van der Waals surface area contributed by atoms with Crippen LogP contribution in [0.25, 0.3) is 17.3 Å². The molecule has 0 radical (unpaired) electrons. The Bertz CT molecular complexity index is 1190. The topological polar surface area (TPSA) is 88.9 Å². The van der Waals surface area contributed by atoms with Gasteiger partial charge in [0.1, 0.15) is 10.7 Å². The standard InChI is InChI=1S/C19H12ClN3O2S/c20-13-8-6-12(7-9-13)10-16-18(25)23(14-4-2-1-3-5-14)19(26-16)15(11-21)17(22)24/h1-10H,(H2,22,24)/b16-10-,19-15+. The van der Waals surface area contributed by atoms with Crippen LogP contribution in [0.5, 0.6) is 0 Å². The van der Waals surface area contributed by atoms with Crippen LogP contribution in [0.1, 0.15) is 5.56 Å². The highest BCUT2D eigenvalue weighted by Crippen LogP contribution is 2.10. The number of carbonyl (C=O) groups is 1. The number of carbonyl (C=O) groups excluding carboxylic acids is 1. The molecule has 0 unspecified atom stereocenters. The fourth-order valence-electron chi connectivity index (χ4n) is 2.38. The van der Waals surface area contributed by atoms with Gasteiger partial charge in [0.25, 0.3) is 11.5 Å². The lowest BCUT2D eigenvalue weighted by molar-refractivity contribution is -0.112. The maximum Gasteiger partial charge on any atom is 0.273 e. The van der Waals surface area contributed by atoms with Gasteiger partial charge in [-0.25, -0.2) is 0 Å². The molecule has 1 amide bonds. The number of hydrogen-bond acceptors (Lipinski definition) is 4. The summed E-state index contributed by atoms with van der Waals surface area (Å²) < 4.78 is 1.91. The number of nitrogens with two attached hydrogens (primary N) is 1. The molecule has 0 aliphatic heterocycles. The van der Waals surface area contributed by atoms with E-state index in [9.17, 15) is 14.9 Å². The van der Waals surface area contributed by atoms with Gasteiger partial charge in [0.15, 0.2) is 5.57 Å². The summed E-state index contributed by atoms with van der Waals surface area (Å²) >= 11 is 6.93. The normalized spacial score (nSPS) is 12.5. The second-order valence-corrected chi connectivity index (χ2v) is 6.76. The summed E-state index contributed by atoms with van der Waals surface area (Å²) in [4.78, 5) is 24.6. The molecule has 26 heavy (non-hydrogen) atoms. The van der Waals surface area contributed by atoms with E-state index in [0.29, 0.717) is 15.2 Å². The summed E-state index contributed by atoms with van der Waals surface area (Å²) in [6.45, 7) is 0. The molecule has 3 rings (SSSR count). The zero-order chi connectivity index (χ0) is 18.7. The third-order valence-corrected chi connectivity index (χ3v) is 4.92. The first-order chi connectivity index (χ1) is 12.5. The molecule has 0 aliphatic carbocycles. The van der Waals surface area contributed by atoms with Crippen LogP contribution in [0.3, 0.4) is 0 Å². The SMILES string of the molecule is N#C/C(C(N)=O)=c1\s/c(=C\c2ccc(Cl)cc2)c(=O)n1-c1ccccc1. The van der Waals surface area contributed by atoms with Crippen LogP contribution >= 0.6 is 22.9 Å². The fourth-order valence-corrected chi connectivity index (χ4v) is 3.62. The van der Waals surface area contributed by atoms with Crippen molar-refractivity contribution < 1.29 is 4.79 Å². The third kappa shape index (κ3) is 3.45. The minimum atomic E-state index is -0.878. The molecule has 2 N–H and O–H groups in total. The lowest BCUT2D eigenvalue weighted by Gasteiger charge is -2.01. The molecule has 1 heterocycles. The minimum absolute atomic E-state index is 0.205. The summed E-state index contributed by atoms with van der Waals surface area (Å²) in [6.07, 6.45) is 1.68. The average molecular weight is 382 g/mol. The average Bonchev–Trinajstić information content (AvgIpc) is 2.94. The highest BCUT2D eigenvalue weighted by molar-refractivity contribution is 7.07. The predicted molar refractivity (Wildman–Crippen MR) is 102 cm³/mol. The Morgan fingerprint density at radius 2 is 1.81 bits per heavy atom. The lowest BCUT2D eigenvalue weighted by atomic mass is 10.2. The summed E-state index contributed by atoms with van der Waals surface area (Å²) in [7, 11) is 0. The van der Waals surface area contributed by atoms with Gasteiger partial charge in [-0.1, -0.05) is 41.9 Å². The predicted octanol–water partition coefficient (Wildman–Crippen LogP) is 1.54. The van der Waals surface area contributed by atoms with Crippen molar-refractivity contribution in [2.75, 3.05) is 0 Å². The van der Waals surface area contributed by atoms with E-state index in [2.05, 4.69) is 0 Å². The first-order valence-electron chi connectivity index (χ1n) is 7.50. The molecule has 5 nitrogen and oxygen atoms in total. The van der Waals surface area contributed by atoms with Gasteiger partial charge in [-0.3, -0.25) is 14.2 Å². The van der Waals surface area contributed by atoms with Crippen molar-refractivity contribution in [3.8, 4) is 11.8 Å². The molecule has 3 aromatic rings. The van der Waals surface area contributed by atoms with E-state index in [1.807, 2.05) is 6.07 Å². The van der Waals surface area contributed by atoms with Crippen molar-refractivity contribution in [1.82, 2.24) is 4.57 Å². The van der Waals surface area contributed by atoms with E-state index < -0.39 is 5.91 Å². The zero-order valence-electron chi connectivity index (χ0n) is 13.3. The van der Waals surface area contributed by atoms with E-state index in [1.54, 1.807) is 60.7 Å². The molecule has 0 fully saturated rings. The maximum absolute atomic E-state index is 12.9. The number of rotatable bonds is 3. The van der Waals surface area contributed by atoms with Crippen LogP contribution in [0.15, 0.2) is 59.4 Å². The Kier molecular flexibility index (Phi) is 5.03. The number of halogens is 1. The number of nitrogens with zero attached hydrogens (tertiary/aromatic N) is 2. The highest BCUT2D eigenvalue weighted by Gasteiger charge is 2.14. The van der Waals surface area contributed by atoms with Gasteiger partial charge >= 0.3 is 0 Å². The Balaban J connectivity index is 2.39. The van der Waals surface area contributed by atoms with E-state index in [-0.39, 0.29) is 15.8 Å². The van der Waals surface area contributed by atoms with Crippen LogP contribution in [0.2, 0.25) is 5.02 Å². The monoisotopic (exact) mass is 381 g/mol. The number of hydrogen-bond donors (Lipinski definition) is 1. The minimum Gasteiger partial charge on any atom is -0.365 e. The summed E-state index contributed by atoms with van der Waals surface area (Å²) in [5.41, 5.74) is 6.06. The Morgan fingerprint density at radius 3 is 2.38 bits per heavy atom. The summed E-state index contributed by atoms with van der Waals surface area (Å²) in [5, 5.41) is 9.91. The smallest absolute Gasteiger partial charge is 0.273 e. The number of nitriles is 1. The van der Waals surface area contributed by atoms with Gasteiger partial charge in [0.05, 0.1) is 10.2 Å². The molecule has 0 aliphatic rings. The van der Waals surface area contributed by atoms with Gasteiger partial charge in [-0.15, -0.1) is 11.3 Å². The largest absolute Gasteiger partial charge is 0.365 e. The van der Waals surface area contributed by atoms with Gasteiger partial charge in [-0.05, 0) is 35.9 Å². The fraction of sp³-hybridized carbons (Fsp3) is 0. The van der Waals surface area contributed by atoms with Crippen LogP contribution < -0.4 is 20.5 Å². The number of primary amides is 1. The van der Waals surface area contributed by atoms with Crippen molar-refractivity contribution >= 4 is 40.5 Å². The Hall–Kier alpha value is -3.14. The first kappa shape index (κ1) is 17.7. The molecule has 0 spiro atoms. The summed E-state index contributed by atoms with van der Waals surface area (Å²) in [6, 6.07) is 17.6. The number of benzene rings is 2. The van der Waals surface area contributed by atoms with Gasteiger partial charge in [0.2, 0.25) is 0 Å². The van der Waals surface area contributed by atoms with Gasteiger partial charge < -0.3 is 5.73 Å². The number of para-hydroxylation sites is 1. The first-order valence-corrected chi connectivity index (χ1v) is 8.69. The molecular formula is C19H12ClN3O2S. The molecular weight excluding hydrogens is 370 g/mol. The van der Waals surface area contributed by atoms with E-state index >= 15 is 0 Å². The van der Waals surface area contributed by atoms with Crippen molar-refractivity contribution in [1.29, 1.82) is 5.26 Å².